The molecule has 3 heterocycles. The Bertz CT molecular complexity index is 1130. The Balaban J connectivity index is 1.81. The van der Waals surface area contributed by atoms with Gasteiger partial charge in [0.1, 0.15) is 14.3 Å². The fourth-order valence-electron chi connectivity index (χ4n) is 6.40. The normalized spacial score (nSPS) is 41.3. The zero-order valence-electron chi connectivity index (χ0n) is 16.8. The number of hydrogen-bond donors (Lipinski definition) is 0. The Morgan fingerprint density at radius 1 is 0.786 bits per heavy atom. The van der Waals surface area contributed by atoms with Gasteiger partial charge in [-0.15, -0.1) is 0 Å². The van der Waals surface area contributed by atoms with E-state index in [4.69, 9.17) is 0 Å². The first-order valence-electron chi connectivity index (χ1n) is 9.94. The van der Waals surface area contributed by atoms with Crippen LogP contribution in [0.4, 0.5) is 0 Å². The third-order valence-electron chi connectivity index (χ3n) is 7.72. The van der Waals surface area contributed by atoms with Gasteiger partial charge in [-0.2, -0.15) is 0 Å². The van der Waals surface area contributed by atoms with Gasteiger partial charge < -0.3 is 9.13 Å². The summed E-state index contributed by atoms with van der Waals surface area (Å²) in [7, 11) is -5.60. The van der Waals surface area contributed by atoms with E-state index >= 15 is 0 Å². The molecule has 0 radical (unpaired) electrons. The lowest BCUT2D eigenvalue weighted by Crippen LogP contribution is -2.41. The lowest BCUT2D eigenvalue weighted by molar-refractivity contribution is 0.390. The molecule has 3 aliphatic rings. The van der Waals surface area contributed by atoms with Gasteiger partial charge in [0.05, 0.1) is 0 Å². The Morgan fingerprint density at radius 2 is 1.32 bits per heavy atom. The summed E-state index contributed by atoms with van der Waals surface area (Å²) in [6.07, 6.45) is 0. The number of fused-ring (bicyclic) bond motifs is 5. The maximum absolute atomic E-state index is 14.9. The van der Waals surface area contributed by atoms with Crippen molar-refractivity contribution in [2.24, 2.45) is 5.41 Å². The highest BCUT2D eigenvalue weighted by atomic mass is 31.2. The Kier molecular flexibility index (Phi) is 3.76. The molecule has 0 N–H and O–H groups in total. The van der Waals surface area contributed by atoms with Gasteiger partial charge in [-0.05, 0) is 26.6 Å². The van der Waals surface area contributed by atoms with Crippen molar-refractivity contribution in [3.05, 3.63) is 83.2 Å². The zero-order chi connectivity index (χ0) is 19.9. The van der Waals surface area contributed by atoms with Gasteiger partial charge in [0, 0.05) is 33.0 Å². The van der Waals surface area contributed by atoms with Crippen molar-refractivity contribution in [2.75, 3.05) is 0 Å². The molecule has 1 fully saturated rings. The molecule has 2 aromatic carbocycles. The number of allylic oxidation sites excluding steroid dienone is 3. The number of rotatable bonds is 2. The first-order valence-corrected chi connectivity index (χ1v) is 13.6. The maximum Gasteiger partial charge on any atom is 0.141 e. The molecule has 5 rings (SSSR count). The van der Waals surface area contributed by atoms with E-state index in [1.807, 2.05) is 66.5 Å². The van der Waals surface area contributed by atoms with E-state index in [1.165, 1.54) is 11.1 Å². The third-order valence-corrected chi connectivity index (χ3v) is 15.8. The summed E-state index contributed by atoms with van der Waals surface area (Å²) in [6.45, 7) is 8.60. The first-order chi connectivity index (χ1) is 13.3. The van der Waals surface area contributed by atoms with E-state index < -0.39 is 14.3 Å². The standard InChI is InChI=1S/C24H26O2P2/c1-16-15-27(25,19-11-7-5-8-12-19)23-21-17(2)18(3)22(24(16,23)4)28(21,26)20-13-9-6-10-14-20/h5-15,21-23H,1-4H3/t21?,22?,23-,24+,27?,28?/m1/s1. The number of hydrogen-bond acceptors (Lipinski definition) is 2. The molecule has 4 heteroatoms. The summed E-state index contributed by atoms with van der Waals surface area (Å²) in [4.78, 5) is 0. The topological polar surface area (TPSA) is 34.1 Å². The summed E-state index contributed by atoms with van der Waals surface area (Å²) in [5, 5.41) is 1.85. The second kappa shape index (κ2) is 5.71. The molecule has 4 unspecified atom stereocenters. The zero-order valence-corrected chi connectivity index (χ0v) is 18.6. The molecule has 2 nitrogen and oxygen atoms in total. The van der Waals surface area contributed by atoms with Gasteiger partial charge in [-0.25, -0.2) is 0 Å². The fraction of sp³-hybridized carbons (Fsp3) is 0.333. The van der Waals surface area contributed by atoms with Crippen LogP contribution in [0, 0.1) is 5.41 Å². The lowest BCUT2D eigenvalue weighted by atomic mass is 9.69. The van der Waals surface area contributed by atoms with E-state index in [2.05, 4.69) is 27.7 Å². The summed E-state index contributed by atoms with van der Waals surface area (Å²) in [6, 6.07) is 19.8. The molecule has 0 amide bonds. The second-order valence-electron chi connectivity index (χ2n) is 8.84. The van der Waals surface area contributed by atoms with Crippen molar-refractivity contribution in [1.82, 2.24) is 0 Å². The molecule has 0 aliphatic carbocycles. The van der Waals surface area contributed by atoms with Crippen LogP contribution in [0.15, 0.2) is 83.2 Å². The van der Waals surface area contributed by atoms with Crippen molar-refractivity contribution in [3.63, 3.8) is 0 Å². The van der Waals surface area contributed by atoms with Crippen molar-refractivity contribution in [2.45, 2.75) is 44.7 Å². The van der Waals surface area contributed by atoms with Crippen molar-refractivity contribution in [3.8, 4) is 0 Å². The highest BCUT2D eigenvalue weighted by Gasteiger charge is 2.75. The molecule has 0 saturated carbocycles. The minimum Gasteiger partial charge on any atom is -0.317 e. The van der Waals surface area contributed by atoms with Gasteiger partial charge in [0.15, 0.2) is 0 Å². The van der Waals surface area contributed by atoms with E-state index in [9.17, 15) is 9.13 Å². The average molecular weight is 408 g/mol. The van der Waals surface area contributed by atoms with Gasteiger partial charge >= 0.3 is 0 Å². The third kappa shape index (κ3) is 1.92. The van der Waals surface area contributed by atoms with Crippen LogP contribution in [0.5, 0.6) is 0 Å². The highest BCUT2D eigenvalue weighted by Crippen LogP contribution is 2.86. The summed E-state index contributed by atoms with van der Waals surface area (Å²) >= 11 is 0. The molecule has 2 aromatic rings. The molecule has 2 bridgehead atoms. The summed E-state index contributed by atoms with van der Waals surface area (Å²) in [5.41, 5.74) is 3.01. The minimum atomic E-state index is -2.82. The van der Waals surface area contributed by atoms with Crippen LogP contribution in [0.25, 0.3) is 0 Å². The van der Waals surface area contributed by atoms with Crippen molar-refractivity contribution < 1.29 is 9.13 Å². The van der Waals surface area contributed by atoms with Crippen LogP contribution < -0.4 is 10.6 Å². The molecular formula is C24H26O2P2. The second-order valence-corrected chi connectivity index (χ2v) is 14.6. The van der Waals surface area contributed by atoms with Gasteiger partial charge in [-0.3, -0.25) is 0 Å². The molecule has 0 spiro atoms. The predicted octanol–water partition coefficient (Wildman–Crippen LogP) is 5.76. The van der Waals surface area contributed by atoms with Crippen LogP contribution in [-0.4, -0.2) is 17.0 Å². The van der Waals surface area contributed by atoms with Crippen molar-refractivity contribution in [1.29, 1.82) is 0 Å². The first kappa shape index (κ1) is 18.4. The van der Waals surface area contributed by atoms with E-state index in [0.29, 0.717) is 0 Å². The van der Waals surface area contributed by atoms with Gasteiger partial charge in [0.2, 0.25) is 0 Å². The van der Waals surface area contributed by atoms with E-state index in [-0.39, 0.29) is 22.4 Å². The van der Waals surface area contributed by atoms with Crippen LogP contribution in [0.3, 0.4) is 0 Å². The average Bonchev–Trinajstić information content (AvgIpc) is 3.14. The van der Waals surface area contributed by atoms with Crippen LogP contribution in [-0.2, 0) is 9.13 Å². The Hall–Kier alpha value is -1.62. The van der Waals surface area contributed by atoms with Crippen LogP contribution >= 0.6 is 14.3 Å². The Morgan fingerprint density at radius 3 is 1.89 bits per heavy atom. The SMILES string of the molecule is CC1=CP(=O)(c2ccccc2)[C@@H]2C3C(C)=C(C)C([C@]12C)P3(=O)c1ccccc1. The fourth-order valence-corrected chi connectivity index (χ4v) is 16.6. The van der Waals surface area contributed by atoms with E-state index in [0.717, 1.165) is 16.2 Å². The summed E-state index contributed by atoms with van der Waals surface area (Å²) in [5.74, 6) is 2.05. The smallest absolute Gasteiger partial charge is 0.141 e. The monoisotopic (exact) mass is 408 g/mol. The van der Waals surface area contributed by atoms with Crippen molar-refractivity contribution >= 4 is 24.9 Å². The number of benzene rings is 2. The largest absolute Gasteiger partial charge is 0.317 e. The molecule has 0 aromatic heterocycles. The van der Waals surface area contributed by atoms with Gasteiger partial charge in [-0.1, -0.05) is 84.3 Å². The highest BCUT2D eigenvalue weighted by molar-refractivity contribution is 7.80. The van der Waals surface area contributed by atoms with E-state index in [1.54, 1.807) is 0 Å². The summed E-state index contributed by atoms with van der Waals surface area (Å²) < 4.78 is 29.4. The molecule has 1 saturated heterocycles. The quantitative estimate of drug-likeness (QED) is 0.468. The molecule has 144 valence electrons. The Labute approximate surface area is 167 Å². The minimum absolute atomic E-state index is 0.0480. The van der Waals surface area contributed by atoms with Gasteiger partial charge in [0.25, 0.3) is 0 Å². The molecule has 28 heavy (non-hydrogen) atoms. The molecule has 3 aliphatic heterocycles. The predicted molar refractivity (Wildman–Crippen MR) is 119 cm³/mol. The molecule has 6 atom stereocenters. The van der Waals surface area contributed by atoms with Crippen LogP contribution in [0.1, 0.15) is 27.7 Å². The molecular weight excluding hydrogens is 382 g/mol. The maximum atomic E-state index is 14.9. The van der Waals surface area contributed by atoms with Crippen LogP contribution in [0.2, 0.25) is 0 Å². The lowest BCUT2D eigenvalue weighted by Gasteiger charge is -2.39.